The van der Waals surface area contributed by atoms with Gasteiger partial charge in [-0.15, -0.1) is 20.4 Å². The zero-order valence-electron chi connectivity index (χ0n) is 16.2. The molecule has 0 bridgehead atoms. The van der Waals surface area contributed by atoms with Crippen LogP contribution in [-0.2, 0) is 6.54 Å². The number of aromatic nitrogens is 7. The van der Waals surface area contributed by atoms with E-state index in [1.807, 2.05) is 47.9 Å². The summed E-state index contributed by atoms with van der Waals surface area (Å²) < 4.78 is 34.8. The molecule has 0 aliphatic carbocycles. The van der Waals surface area contributed by atoms with Crippen molar-refractivity contribution in [3.8, 4) is 11.4 Å². The largest absolute Gasteiger partial charge is 0.467 e. The molecule has 0 amide bonds. The highest BCUT2D eigenvalue weighted by atomic mass is 32.2. The molecule has 8 nitrogen and oxygen atoms in total. The average molecular weight is 439 g/mol. The van der Waals surface area contributed by atoms with Gasteiger partial charge in [0.1, 0.15) is 10.8 Å². The molecule has 1 aromatic carbocycles. The first-order chi connectivity index (χ1) is 15.1. The lowest BCUT2D eigenvalue weighted by molar-refractivity contribution is 0.137. The smallest absolute Gasteiger partial charge is 0.299 e. The van der Waals surface area contributed by atoms with E-state index in [1.165, 1.54) is 11.8 Å². The van der Waals surface area contributed by atoms with E-state index >= 15 is 0 Å². The average Bonchev–Trinajstić information content (AvgIpc) is 3.49. The van der Waals surface area contributed by atoms with Gasteiger partial charge < -0.3 is 4.42 Å². The second-order valence-electron chi connectivity index (χ2n) is 6.74. The molecule has 11 heteroatoms. The van der Waals surface area contributed by atoms with Crippen LogP contribution in [0, 0.1) is 6.92 Å². The fraction of sp³-hybridized carbons (Fsp3) is 0.150. The fourth-order valence-electron chi connectivity index (χ4n) is 3.14. The van der Waals surface area contributed by atoms with Crippen LogP contribution >= 0.6 is 11.8 Å². The molecule has 0 N–H and O–H groups in total. The van der Waals surface area contributed by atoms with E-state index in [4.69, 9.17) is 4.42 Å². The van der Waals surface area contributed by atoms with Crippen molar-refractivity contribution in [3.05, 3.63) is 71.9 Å². The predicted octanol–water partition coefficient (Wildman–Crippen LogP) is 4.42. The molecule has 4 aromatic heterocycles. The van der Waals surface area contributed by atoms with E-state index in [9.17, 15) is 8.78 Å². The number of halogens is 2. The van der Waals surface area contributed by atoms with Gasteiger partial charge in [-0.05, 0) is 49.0 Å². The van der Waals surface area contributed by atoms with E-state index < -0.39 is 12.2 Å². The lowest BCUT2D eigenvalue weighted by atomic mass is 10.1. The molecular formula is C20H15F2N7OS. The molecule has 5 aromatic rings. The van der Waals surface area contributed by atoms with Crippen molar-refractivity contribution in [1.82, 2.24) is 34.6 Å². The minimum absolute atomic E-state index is 0.247. The quantitative estimate of drug-likeness (QED) is 0.387. The van der Waals surface area contributed by atoms with Crippen LogP contribution in [0.15, 0.2) is 69.4 Å². The van der Waals surface area contributed by atoms with Crippen LogP contribution < -0.4 is 0 Å². The third kappa shape index (κ3) is 3.79. The van der Waals surface area contributed by atoms with E-state index in [0.717, 1.165) is 21.4 Å². The van der Waals surface area contributed by atoms with E-state index in [1.54, 1.807) is 18.4 Å². The highest BCUT2D eigenvalue weighted by Crippen LogP contribution is 2.30. The van der Waals surface area contributed by atoms with Gasteiger partial charge in [-0.1, -0.05) is 23.8 Å². The molecule has 0 unspecified atom stereocenters. The molecule has 31 heavy (non-hydrogen) atoms. The minimum Gasteiger partial charge on any atom is -0.467 e. The van der Waals surface area contributed by atoms with Crippen molar-refractivity contribution in [1.29, 1.82) is 0 Å². The Hall–Kier alpha value is -3.60. The molecule has 0 atom stereocenters. The van der Waals surface area contributed by atoms with E-state index in [-0.39, 0.29) is 5.65 Å². The SMILES string of the molecule is Cc1cccc(-c2nnc(Sc3ccc4nnc(C(F)F)n4n3)n2Cc2ccco2)c1. The van der Waals surface area contributed by atoms with Crippen LogP contribution in [0.2, 0.25) is 0 Å². The van der Waals surface area contributed by atoms with Gasteiger partial charge in [-0.3, -0.25) is 4.57 Å². The van der Waals surface area contributed by atoms with Crippen LogP contribution in [0.1, 0.15) is 23.6 Å². The molecule has 0 radical (unpaired) electrons. The number of aryl methyl sites for hydroxylation is 1. The standard InChI is InChI=1S/C20H15F2N7OS/c1-12-4-2-5-13(10-12)18-24-26-20(28(18)11-14-6-3-9-30-14)31-16-8-7-15-23-25-19(17(21)22)29(15)27-16/h2-10,17H,11H2,1H3. The summed E-state index contributed by atoms with van der Waals surface area (Å²) in [6.07, 6.45) is -1.18. The molecule has 0 aliphatic rings. The number of hydrogen-bond donors (Lipinski definition) is 0. The van der Waals surface area contributed by atoms with Crippen LogP contribution in [-0.4, -0.2) is 34.6 Å². The number of alkyl halides is 2. The Morgan fingerprint density at radius 3 is 2.71 bits per heavy atom. The highest BCUT2D eigenvalue weighted by molar-refractivity contribution is 7.99. The topological polar surface area (TPSA) is 86.9 Å². The number of benzene rings is 1. The Labute approximate surface area is 178 Å². The first-order valence-electron chi connectivity index (χ1n) is 9.29. The van der Waals surface area contributed by atoms with E-state index in [0.29, 0.717) is 22.6 Å². The molecular weight excluding hydrogens is 424 g/mol. The van der Waals surface area contributed by atoms with Crippen molar-refractivity contribution in [2.75, 3.05) is 0 Å². The maximum Gasteiger partial charge on any atom is 0.299 e. The van der Waals surface area contributed by atoms with Gasteiger partial charge in [0.2, 0.25) is 5.82 Å². The van der Waals surface area contributed by atoms with Crippen molar-refractivity contribution in [2.24, 2.45) is 0 Å². The van der Waals surface area contributed by atoms with Gasteiger partial charge in [-0.25, -0.2) is 8.78 Å². The lowest BCUT2D eigenvalue weighted by Gasteiger charge is -2.09. The van der Waals surface area contributed by atoms with Crippen molar-refractivity contribution < 1.29 is 13.2 Å². The normalized spacial score (nSPS) is 11.6. The minimum atomic E-state index is -2.78. The van der Waals surface area contributed by atoms with Crippen molar-refractivity contribution in [3.63, 3.8) is 0 Å². The number of hydrogen-bond acceptors (Lipinski definition) is 7. The van der Waals surface area contributed by atoms with Crippen molar-refractivity contribution >= 4 is 17.4 Å². The second-order valence-corrected chi connectivity index (χ2v) is 7.73. The first-order valence-corrected chi connectivity index (χ1v) is 10.1. The summed E-state index contributed by atoms with van der Waals surface area (Å²) in [5.74, 6) is 0.897. The summed E-state index contributed by atoms with van der Waals surface area (Å²) in [7, 11) is 0. The molecule has 0 fully saturated rings. The van der Waals surface area contributed by atoms with E-state index in [2.05, 4.69) is 25.5 Å². The third-order valence-electron chi connectivity index (χ3n) is 4.54. The van der Waals surface area contributed by atoms with Gasteiger partial charge in [0.15, 0.2) is 16.6 Å². The second kappa shape index (κ2) is 7.91. The zero-order chi connectivity index (χ0) is 21.4. The number of fused-ring (bicyclic) bond motifs is 1. The van der Waals surface area contributed by atoms with Gasteiger partial charge in [0, 0.05) is 5.56 Å². The van der Waals surface area contributed by atoms with Crippen LogP contribution in [0.4, 0.5) is 8.78 Å². The summed E-state index contributed by atoms with van der Waals surface area (Å²) in [5.41, 5.74) is 2.25. The molecule has 156 valence electrons. The predicted molar refractivity (Wildman–Crippen MR) is 108 cm³/mol. The molecule has 0 saturated heterocycles. The Bertz CT molecular complexity index is 1350. The highest BCUT2D eigenvalue weighted by Gasteiger charge is 2.20. The first kappa shape index (κ1) is 19.4. The van der Waals surface area contributed by atoms with Gasteiger partial charge in [-0.2, -0.15) is 9.61 Å². The summed E-state index contributed by atoms with van der Waals surface area (Å²) in [6, 6.07) is 14.9. The maximum atomic E-state index is 13.2. The van der Waals surface area contributed by atoms with Crippen LogP contribution in [0.25, 0.3) is 17.0 Å². The number of furan rings is 1. The fourth-order valence-corrected chi connectivity index (χ4v) is 3.92. The molecule has 0 spiro atoms. The van der Waals surface area contributed by atoms with Gasteiger partial charge >= 0.3 is 0 Å². The Morgan fingerprint density at radius 1 is 1.03 bits per heavy atom. The third-order valence-corrected chi connectivity index (χ3v) is 5.45. The molecule has 0 saturated carbocycles. The molecule has 4 heterocycles. The summed E-state index contributed by atoms with van der Waals surface area (Å²) in [4.78, 5) is 0. The summed E-state index contributed by atoms with van der Waals surface area (Å²) in [5, 5.41) is 21.2. The van der Waals surface area contributed by atoms with Gasteiger partial charge in [0.05, 0.1) is 12.8 Å². The molecule has 0 aliphatic heterocycles. The van der Waals surface area contributed by atoms with Gasteiger partial charge in [0.25, 0.3) is 6.43 Å². The van der Waals surface area contributed by atoms with Crippen LogP contribution in [0.5, 0.6) is 0 Å². The van der Waals surface area contributed by atoms with Crippen molar-refractivity contribution in [2.45, 2.75) is 30.1 Å². The Balaban J connectivity index is 1.56. The number of rotatable bonds is 6. The monoisotopic (exact) mass is 439 g/mol. The lowest BCUT2D eigenvalue weighted by Crippen LogP contribution is -2.04. The Morgan fingerprint density at radius 2 is 1.94 bits per heavy atom. The maximum absolute atomic E-state index is 13.2. The van der Waals surface area contributed by atoms with Crippen LogP contribution in [0.3, 0.4) is 0 Å². The molecule has 5 rings (SSSR count). The number of nitrogens with zero attached hydrogens (tertiary/aromatic N) is 7. The summed E-state index contributed by atoms with van der Waals surface area (Å²) >= 11 is 1.21. The zero-order valence-corrected chi connectivity index (χ0v) is 17.0. The summed E-state index contributed by atoms with van der Waals surface area (Å²) in [6.45, 7) is 2.41. The Kier molecular flexibility index (Phi) is 4.94.